The van der Waals surface area contributed by atoms with Gasteiger partial charge in [0, 0.05) is 11.3 Å². The summed E-state index contributed by atoms with van der Waals surface area (Å²) < 4.78 is 0. The molecule has 0 saturated carbocycles. The van der Waals surface area contributed by atoms with Crippen LogP contribution in [0.1, 0.15) is 44.7 Å². The lowest BCUT2D eigenvalue weighted by Gasteiger charge is -2.27. The van der Waals surface area contributed by atoms with Crippen molar-refractivity contribution in [2.45, 2.75) is 51.8 Å². The monoisotopic (exact) mass is 448 g/mol. The zero-order valence-corrected chi connectivity index (χ0v) is 19.6. The van der Waals surface area contributed by atoms with Gasteiger partial charge in [0.15, 0.2) is 5.17 Å². The van der Waals surface area contributed by atoms with E-state index in [1.165, 1.54) is 11.8 Å². The van der Waals surface area contributed by atoms with Crippen LogP contribution >= 0.6 is 11.8 Å². The quantitative estimate of drug-likeness (QED) is 0.664. The van der Waals surface area contributed by atoms with Crippen LogP contribution in [0.4, 0.5) is 11.4 Å². The molecule has 0 unspecified atom stereocenters. The molecule has 2 aromatic carbocycles. The van der Waals surface area contributed by atoms with Gasteiger partial charge >= 0.3 is 0 Å². The lowest BCUT2D eigenvalue weighted by molar-refractivity contribution is -0.125. The molecule has 2 amide bonds. The minimum atomic E-state index is -0.414. The molecule has 2 atom stereocenters. The Balaban J connectivity index is 1.61. The van der Waals surface area contributed by atoms with Crippen molar-refractivity contribution >= 4 is 46.0 Å². The zero-order chi connectivity index (χ0) is 22.8. The highest BCUT2D eigenvalue weighted by Crippen LogP contribution is 2.36. The van der Waals surface area contributed by atoms with Gasteiger partial charge in [0.05, 0.1) is 10.9 Å². The van der Waals surface area contributed by atoms with E-state index >= 15 is 0 Å². The first-order chi connectivity index (χ1) is 15.4. The summed E-state index contributed by atoms with van der Waals surface area (Å²) in [5, 5.41) is 3.11. The van der Waals surface area contributed by atoms with Crippen LogP contribution in [0.3, 0.4) is 0 Å². The predicted octanol–water partition coefficient (Wildman–Crippen LogP) is 5.15. The molecule has 7 heteroatoms. The van der Waals surface area contributed by atoms with E-state index in [-0.39, 0.29) is 11.8 Å². The number of hydrogen-bond acceptors (Lipinski definition) is 5. The molecule has 32 heavy (non-hydrogen) atoms. The zero-order valence-electron chi connectivity index (χ0n) is 18.8. The predicted molar refractivity (Wildman–Crippen MR) is 132 cm³/mol. The van der Waals surface area contributed by atoms with Gasteiger partial charge in [0.25, 0.3) is 5.91 Å². The number of carbonyl (C=O) groups is 2. The number of thioether (sulfide) groups is 1. The van der Waals surface area contributed by atoms with Gasteiger partial charge in [-0.25, -0.2) is 9.89 Å². The first kappa shape index (κ1) is 22.3. The summed E-state index contributed by atoms with van der Waals surface area (Å²) in [7, 11) is 0. The van der Waals surface area contributed by atoms with Crippen molar-refractivity contribution in [3.8, 4) is 0 Å². The van der Waals surface area contributed by atoms with Crippen molar-refractivity contribution in [1.82, 2.24) is 4.90 Å². The highest BCUT2D eigenvalue weighted by molar-refractivity contribution is 8.15. The third kappa shape index (κ3) is 4.48. The van der Waals surface area contributed by atoms with Crippen molar-refractivity contribution in [2.24, 2.45) is 15.9 Å². The smallest absolute Gasteiger partial charge is 0.259 e. The Morgan fingerprint density at radius 1 is 1.16 bits per heavy atom. The Kier molecular flexibility index (Phi) is 6.46. The van der Waals surface area contributed by atoms with Crippen molar-refractivity contribution in [2.75, 3.05) is 5.32 Å². The minimum Gasteiger partial charge on any atom is -0.325 e. The molecule has 1 N–H and O–H groups in total. The largest absolute Gasteiger partial charge is 0.325 e. The number of hydrogen-bond donors (Lipinski definition) is 1. The van der Waals surface area contributed by atoms with E-state index < -0.39 is 11.3 Å². The molecule has 2 aliphatic heterocycles. The standard InChI is InChI=1S/C25H28N4O2S/c1-5-21(23(30)26-17-12-10-16(4)11-13-17)32-25-28-19-9-7-6-8-18(19)22-27-20(14-15(2)3)24(31)29(22)25/h6-13,15,20-21H,5,14H2,1-4H3,(H,26,30)/t20-,21-/m1/s1. The molecule has 2 heterocycles. The maximum Gasteiger partial charge on any atom is 0.259 e. The van der Waals surface area contributed by atoms with E-state index in [0.717, 1.165) is 22.5 Å². The van der Waals surface area contributed by atoms with Gasteiger partial charge in [0.2, 0.25) is 5.91 Å². The van der Waals surface area contributed by atoms with Crippen LogP contribution in [-0.4, -0.2) is 39.0 Å². The number of benzene rings is 2. The lowest BCUT2D eigenvalue weighted by atomic mass is 10.0. The van der Waals surface area contributed by atoms with E-state index in [1.807, 2.05) is 62.4 Å². The average Bonchev–Trinajstić information content (AvgIpc) is 3.09. The molecule has 0 aromatic heterocycles. The lowest BCUT2D eigenvalue weighted by Crippen LogP contribution is -2.42. The fourth-order valence-corrected chi connectivity index (χ4v) is 4.81. The maximum atomic E-state index is 13.3. The van der Waals surface area contributed by atoms with Crippen molar-refractivity contribution < 1.29 is 9.59 Å². The van der Waals surface area contributed by atoms with E-state index in [1.54, 1.807) is 4.90 Å². The highest BCUT2D eigenvalue weighted by atomic mass is 32.2. The van der Waals surface area contributed by atoms with Crippen LogP contribution in [0.25, 0.3) is 0 Å². The van der Waals surface area contributed by atoms with Crippen LogP contribution in [0.5, 0.6) is 0 Å². The minimum absolute atomic E-state index is 0.0664. The molecule has 0 radical (unpaired) electrons. The highest BCUT2D eigenvalue weighted by Gasteiger charge is 2.42. The molecule has 0 aliphatic carbocycles. The van der Waals surface area contributed by atoms with Crippen LogP contribution in [-0.2, 0) is 9.59 Å². The third-order valence-electron chi connectivity index (χ3n) is 5.47. The molecular formula is C25H28N4O2S. The number of para-hydroxylation sites is 1. The molecular weight excluding hydrogens is 420 g/mol. The average molecular weight is 449 g/mol. The van der Waals surface area contributed by atoms with Gasteiger partial charge in [-0.05, 0) is 49.9 Å². The Bertz CT molecular complexity index is 1090. The molecule has 2 aromatic rings. The van der Waals surface area contributed by atoms with Gasteiger partial charge in [0.1, 0.15) is 11.9 Å². The number of nitrogens with one attached hydrogen (secondary N) is 1. The molecule has 2 aliphatic rings. The van der Waals surface area contributed by atoms with Gasteiger partial charge < -0.3 is 5.32 Å². The Hall–Kier alpha value is -2.93. The molecule has 6 nitrogen and oxygen atoms in total. The number of anilines is 1. The van der Waals surface area contributed by atoms with Gasteiger partial charge in [-0.2, -0.15) is 0 Å². The summed E-state index contributed by atoms with van der Waals surface area (Å²) in [5.74, 6) is 0.819. The summed E-state index contributed by atoms with van der Waals surface area (Å²) >= 11 is 1.32. The normalized spacial score (nSPS) is 18.1. The second-order valence-corrected chi connectivity index (χ2v) is 9.72. The van der Waals surface area contributed by atoms with E-state index in [0.29, 0.717) is 29.8 Å². The summed E-state index contributed by atoms with van der Waals surface area (Å²) in [6.45, 7) is 8.15. The van der Waals surface area contributed by atoms with Crippen LogP contribution < -0.4 is 5.32 Å². The molecule has 166 valence electrons. The molecule has 0 spiro atoms. The Morgan fingerprint density at radius 2 is 1.88 bits per heavy atom. The fourth-order valence-electron chi connectivity index (χ4n) is 3.79. The summed E-state index contributed by atoms with van der Waals surface area (Å²) in [4.78, 5) is 37.4. The summed E-state index contributed by atoms with van der Waals surface area (Å²) in [6, 6.07) is 15.0. The number of nitrogens with zero attached hydrogens (tertiary/aromatic N) is 3. The maximum absolute atomic E-state index is 13.3. The first-order valence-corrected chi connectivity index (χ1v) is 11.9. The van der Waals surface area contributed by atoms with E-state index in [4.69, 9.17) is 9.98 Å². The van der Waals surface area contributed by atoms with Crippen molar-refractivity contribution in [1.29, 1.82) is 0 Å². The summed E-state index contributed by atoms with van der Waals surface area (Å²) in [5.41, 5.74) is 3.52. The third-order valence-corrected chi connectivity index (χ3v) is 6.79. The molecule has 0 bridgehead atoms. The van der Waals surface area contributed by atoms with E-state index in [9.17, 15) is 9.59 Å². The number of amides is 2. The number of aliphatic imine (C=N–C) groups is 2. The Morgan fingerprint density at radius 3 is 2.56 bits per heavy atom. The summed E-state index contributed by atoms with van der Waals surface area (Å²) in [6.07, 6.45) is 1.29. The van der Waals surface area contributed by atoms with Crippen LogP contribution in [0.15, 0.2) is 58.5 Å². The van der Waals surface area contributed by atoms with Gasteiger partial charge in [-0.3, -0.25) is 14.6 Å². The number of fused-ring (bicyclic) bond motifs is 3. The van der Waals surface area contributed by atoms with Crippen LogP contribution in [0, 0.1) is 12.8 Å². The van der Waals surface area contributed by atoms with E-state index in [2.05, 4.69) is 19.2 Å². The SMILES string of the molecule is CC[C@@H](SC1=Nc2ccccc2C2=N[C@H](CC(C)C)C(=O)N12)C(=O)Nc1ccc(C)cc1. The molecule has 4 rings (SSSR count). The van der Waals surface area contributed by atoms with Crippen molar-refractivity contribution in [3.63, 3.8) is 0 Å². The number of amidine groups is 2. The second-order valence-electron chi connectivity index (χ2n) is 8.55. The Labute approximate surface area is 193 Å². The van der Waals surface area contributed by atoms with Crippen LogP contribution in [0.2, 0.25) is 0 Å². The number of aryl methyl sites for hydroxylation is 1. The van der Waals surface area contributed by atoms with Gasteiger partial charge in [-0.15, -0.1) is 0 Å². The molecule has 0 fully saturated rings. The number of rotatable bonds is 6. The topological polar surface area (TPSA) is 74.1 Å². The first-order valence-electron chi connectivity index (χ1n) is 11.0. The molecule has 0 saturated heterocycles. The number of carbonyl (C=O) groups excluding carboxylic acids is 2. The second kappa shape index (κ2) is 9.28. The fraction of sp³-hybridized carbons (Fsp3) is 0.360. The van der Waals surface area contributed by atoms with Crippen molar-refractivity contribution in [3.05, 3.63) is 59.7 Å². The van der Waals surface area contributed by atoms with Gasteiger partial charge in [-0.1, -0.05) is 62.4 Å².